The number of rotatable bonds is 8. The van der Waals surface area contributed by atoms with Gasteiger partial charge >= 0.3 is 5.97 Å². The molecule has 0 spiro atoms. The lowest BCUT2D eigenvalue weighted by Gasteiger charge is -2.17. The van der Waals surface area contributed by atoms with Crippen LogP contribution in [0.25, 0.3) is 17.4 Å². The molecule has 0 unspecified atom stereocenters. The molecule has 2 aromatic carbocycles. The van der Waals surface area contributed by atoms with Crippen LogP contribution in [0.3, 0.4) is 0 Å². The highest BCUT2D eigenvalue weighted by atomic mass is 35.5. The Balaban J connectivity index is 1.44. The van der Waals surface area contributed by atoms with Gasteiger partial charge in [-0.05, 0) is 72.1 Å². The van der Waals surface area contributed by atoms with Crippen LogP contribution in [-0.2, 0) is 9.53 Å². The number of halogens is 1. The average molecular weight is 540 g/mol. The van der Waals surface area contributed by atoms with Gasteiger partial charge in [0.05, 0.1) is 29.1 Å². The van der Waals surface area contributed by atoms with E-state index in [0.717, 1.165) is 28.6 Å². The molecule has 2 heterocycles. The predicted octanol–water partition coefficient (Wildman–Crippen LogP) is 6.93. The first-order valence-corrected chi connectivity index (χ1v) is 12.8. The molecule has 192 valence electrons. The Morgan fingerprint density at radius 2 is 1.92 bits per heavy atom. The van der Waals surface area contributed by atoms with Gasteiger partial charge in [-0.25, -0.2) is 4.79 Å². The average Bonchev–Trinajstić information content (AvgIpc) is 3.43. The molecule has 0 N–H and O–H groups in total. The lowest BCUT2D eigenvalue weighted by Crippen LogP contribution is -2.32. The van der Waals surface area contributed by atoms with Crippen LogP contribution in [0, 0.1) is 6.92 Å². The molecular weight excluding hydrogens is 514 g/mol. The third-order valence-electron chi connectivity index (χ3n) is 5.79. The maximum Gasteiger partial charge on any atom is 0.339 e. The molecule has 7 nitrogen and oxygen atoms in total. The van der Waals surface area contributed by atoms with Crippen LogP contribution < -0.4 is 4.74 Å². The van der Waals surface area contributed by atoms with E-state index < -0.39 is 11.9 Å². The second kappa shape index (κ2) is 11.3. The van der Waals surface area contributed by atoms with Crippen molar-refractivity contribution in [3.63, 3.8) is 0 Å². The molecule has 0 atom stereocenters. The summed E-state index contributed by atoms with van der Waals surface area (Å²) in [5.41, 5.74) is 2.99. The minimum absolute atomic E-state index is 0.137. The molecule has 0 saturated carbocycles. The summed E-state index contributed by atoms with van der Waals surface area (Å²) in [7, 11) is 1.28. The highest BCUT2D eigenvalue weighted by molar-refractivity contribution is 8.18. The SMILES string of the molecule is COC(=O)c1cc(-c2ccc(/C=C3\SC(=O)N(CCOc4cc(C)ccc4C(C)C)C3=O)o2)ccc1Cl. The van der Waals surface area contributed by atoms with E-state index in [1.54, 1.807) is 30.3 Å². The summed E-state index contributed by atoms with van der Waals surface area (Å²) < 4.78 is 16.6. The number of methoxy groups -OCH3 is 1. The summed E-state index contributed by atoms with van der Waals surface area (Å²) >= 11 is 6.95. The summed E-state index contributed by atoms with van der Waals surface area (Å²) in [6.07, 6.45) is 1.53. The van der Waals surface area contributed by atoms with Crippen LogP contribution >= 0.6 is 23.4 Å². The Bertz CT molecular complexity index is 1390. The van der Waals surface area contributed by atoms with Crippen molar-refractivity contribution in [1.82, 2.24) is 4.90 Å². The number of hydrogen-bond donors (Lipinski definition) is 0. The first kappa shape index (κ1) is 26.6. The number of furan rings is 1. The molecule has 1 fully saturated rings. The van der Waals surface area contributed by atoms with Gasteiger partial charge in [0.2, 0.25) is 0 Å². The Labute approximate surface area is 224 Å². The molecule has 4 rings (SSSR count). The Morgan fingerprint density at radius 1 is 1.14 bits per heavy atom. The fourth-order valence-corrected chi connectivity index (χ4v) is 4.88. The van der Waals surface area contributed by atoms with Gasteiger partial charge in [0.15, 0.2) is 0 Å². The van der Waals surface area contributed by atoms with E-state index in [2.05, 4.69) is 13.8 Å². The van der Waals surface area contributed by atoms with E-state index in [0.29, 0.717) is 17.1 Å². The van der Waals surface area contributed by atoms with E-state index in [1.807, 2.05) is 25.1 Å². The monoisotopic (exact) mass is 539 g/mol. The maximum atomic E-state index is 12.9. The molecule has 0 bridgehead atoms. The zero-order valence-electron chi connectivity index (χ0n) is 20.9. The van der Waals surface area contributed by atoms with Gasteiger partial charge in [-0.15, -0.1) is 0 Å². The van der Waals surface area contributed by atoms with Crippen LogP contribution in [0.5, 0.6) is 5.75 Å². The molecule has 37 heavy (non-hydrogen) atoms. The molecule has 1 saturated heterocycles. The van der Waals surface area contributed by atoms with Crippen molar-refractivity contribution < 1.29 is 28.3 Å². The second-order valence-corrected chi connectivity index (χ2v) is 10.2. The lowest BCUT2D eigenvalue weighted by atomic mass is 10.0. The highest BCUT2D eigenvalue weighted by Crippen LogP contribution is 2.34. The first-order valence-electron chi connectivity index (χ1n) is 11.6. The van der Waals surface area contributed by atoms with Gasteiger partial charge in [0.1, 0.15) is 23.9 Å². The Kier molecular flexibility index (Phi) is 8.10. The van der Waals surface area contributed by atoms with Crippen molar-refractivity contribution in [1.29, 1.82) is 0 Å². The van der Waals surface area contributed by atoms with Crippen molar-refractivity contribution in [2.45, 2.75) is 26.7 Å². The van der Waals surface area contributed by atoms with Gasteiger partial charge in [-0.1, -0.05) is 37.6 Å². The topological polar surface area (TPSA) is 86.0 Å². The third-order valence-corrected chi connectivity index (χ3v) is 7.03. The molecular formula is C28H26ClNO6S. The van der Waals surface area contributed by atoms with Crippen LogP contribution in [0.1, 0.15) is 47.0 Å². The van der Waals surface area contributed by atoms with Crippen molar-refractivity contribution in [2.24, 2.45) is 0 Å². The predicted molar refractivity (Wildman–Crippen MR) is 144 cm³/mol. The fourth-order valence-electron chi connectivity index (χ4n) is 3.84. The first-order chi connectivity index (χ1) is 17.7. The van der Waals surface area contributed by atoms with Gasteiger partial charge < -0.3 is 13.9 Å². The van der Waals surface area contributed by atoms with Crippen molar-refractivity contribution >= 4 is 46.6 Å². The number of imide groups is 1. The lowest BCUT2D eigenvalue weighted by molar-refractivity contribution is -0.123. The zero-order valence-corrected chi connectivity index (χ0v) is 22.4. The largest absolute Gasteiger partial charge is 0.491 e. The number of amides is 2. The fraction of sp³-hybridized carbons (Fsp3) is 0.250. The van der Waals surface area contributed by atoms with Gasteiger partial charge in [-0.3, -0.25) is 14.5 Å². The van der Waals surface area contributed by atoms with E-state index in [-0.39, 0.29) is 39.8 Å². The summed E-state index contributed by atoms with van der Waals surface area (Å²) in [6, 6.07) is 14.3. The molecule has 2 amide bonds. The summed E-state index contributed by atoms with van der Waals surface area (Å²) in [6.45, 7) is 6.49. The number of ether oxygens (including phenoxy) is 2. The van der Waals surface area contributed by atoms with E-state index in [9.17, 15) is 14.4 Å². The molecule has 3 aromatic rings. The van der Waals surface area contributed by atoms with E-state index >= 15 is 0 Å². The smallest absolute Gasteiger partial charge is 0.339 e. The summed E-state index contributed by atoms with van der Waals surface area (Å²) in [4.78, 5) is 38.8. The number of thioether (sulfide) groups is 1. The number of aryl methyl sites for hydroxylation is 1. The van der Waals surface area contributed by atoms with Gasteiger partial charge in [0.25, 0.3) is 11.1 Å². The molecule has 0 radical (unpaired) electrons. The zero-order chi connectivity index (χ0) is 26.7. The molecule has 1 aliphatic heterocycles. The Hall–Kier alpha value is -3.49. The maximum absolute atomic E-state index is 12.9. The minimum atomic E-state index is -0.556. The van der Waals surface area contributed by atoms with Crippen molar-refractivity contribution in [3.8, 4) is 17.1 Å². The van der Waals surface area contributed by atoms with Crippen LogP contribution in [0.2, 0.25) is 5.02 Å². The second-order valence-electron chi connectivity index (χ2n) is 8.77. The molecule has 0 aliphatic carbocycles. The number of carbonyl (C=O) groups excluding carboxylic acids is 3. The van der Waals surface area contributed by atoms with Gasteiger partial charge in [-0.2, -0.15) is 0 Å². The van der Waals surface area contributed by atoms with Crippen molar-refractivity contribution in [2.75, 3.05) is 20.3 Å². The number of hydrogen-bond acceptors (Lipinski definition) is 7. The number of nitrogens with zero attached hydrogens (tertiary/aromatic N) is 1. The summed E-state index contributed by atoms with van der Waals surface area (Å²) in [5.74, 6) is 0.961. The standard InChI is InChI=1S/C28H26ClNO6S/c1-16(2)20-8-5-17(3)13-24(20)35-12-11-30-26(31)25(37-28(30)33)15-19-7-10-23(36-19)18-6-9-22(29)21(14-18)27(32)34-4/h5-10,13-16H,11-12H2,1-4H3/b25-15-. The normalized spacial score (nSPS) is 14.6. The number of esters is 1. The number of carbonyl (C=O) groups is 3. The Morgan fingerprint density at radius 3 is 2.65 bits per heavy atom. The van der Waals surface area contributed by atoms with Crippen molar-refractivity contribution in [3.05, 3.63) is 80.9 Å². The minimum Gasteiger partial charge on any atom is -0.491 e. The molecule has 1 aromatic heterocycles. The van der Waals surface area contributed by atoms with Crippen LogP contribution in [-0.4, -0.2) is 42.3 Å². The van der Waals surface area contributed by atoms with E-state index in [1.165, 1.54) is 18.1 Å². The molecule has 9 heteroatoms. The molecule has 1 aliphatic rings. The third kappa shape index (κ3) is 5.92. The van der Waals surface area contributed by atoms with Crippen LogP contribution in [0.4, 0.5) is 4.79 Å². The summed E-state index contributed by atoms with van der Waals surface area (Å²) in [5, 5.41) is -0.0942. The van der Waals surface area contributed by atoms with Crippen LogP contribution in [0.15, 0.2) is 57.9 Å². The highest BCUT2D eigenvalue weighted by Gasteiger charge is 2.35. The quantitative estimate of drug-likeness (QED) is 0.226. The van der Waals surface area contributed by atoms with E-state index in [4.69, 9.17) is 25.5 Å². The van der Waals surface area contributed by atoms with Gasteiger partial charge in [0, 0.05) is 11.6 Å². The number of benzene rings is 2.